The van der Waals surface area contributed by atoms with Crippen molar-refractivity contribution >= 4 is 11.9 Å². The summed E-state index contributed by atoms with van der Waals surface area (Å²) in [6.45, 7) is 1.60. The van der Waals surface area contributed by atoms with E-state index >= 15 is 0 Å². The lowest BCUT2D eigenvalue weighted by Crippen LogP contribution is -2.39. The lowest BCUT2D eigenvalue weighted by Gasteiger charge is -2.08. The molecule has 0 spiro atoms. The summed E-state index contributed by atoms with van der Waals surface area (Å²) in [5, 5.41) is 30.2. The van der Waals surface area contributed by atoms with Gasteiger partial charge in [0.2, 0.25) is 0 Å². The van der Waals surface area contributed by atoms with Crippen molar-refractivity contribution in [3.05, 3.63) is 11.8 Å². The van der Waals surface area contributed by atoms with Gasteiger partial charge >= 0.3 is 5.97 Å². The Labute approximate surface area is 98.3 Å². The highest BCUT2D eigenvalue weighted by Crippen LogP contribution is 1.93. The highest BCUT2D eigenvalue weighted by atomic mass is 16.4. The van der Waals surface area contributed by atoms with Crippen LogP contribution in [0.3, 0.4) is 0 Å². The van der Waals surface area contributed by atoms with Crippen molar-refractivity contribution in [3.63, 3.8) is 0 Å². The molecule has 0 aliphatic rings. The first-order chi connectivity index (χ1) is 8.02. The number of nitrogens with one attached hydrogen (secondary N) is 2. The van der Waals surface area contributed by atoms with Gasteiger partial charge < -0.3 is 15.7 Å². The summed E-state index contributed by atoms with van der Waals surface area (Å²) < 4.78 is 0. The second kappa shape index (κ2) is 7.71. The number of amides is 1. The van der Waals surface area contributed by atoms with Gasteiger partial charge in [-0.1, -0.05) is 0 Å². The van der Waals surface area contributed by atoms with E-state index in [-0.39, 0.29) is 12.0 Å². The van der Waals surface area contributed by atoms with Crippen LogP contribution in [-0.4, -0.2) is 29.6 Å². The van der Waals surface area contributed by atoms with Crippen LogP contribution in [0.15, 0.2) is 11.8 Å². The molecule has 0 bridgehead atoms. The van der Waals surface area contributed by atoms with E-state index in [1.54, 1.807) is 6.07 Å². The van der Waals surface area contributed by atoms with Crippen LogP contribution in [0.2, 0.25) is 0 Å². The van der Waals surface area contributed by atoms with Gasteiger partial charge in [0.1, 0.15) is 17.7 Å². The molecule has 1 unspecified atom stereocenters. The SMILES string of the molecule is CC(NC(=O)/C(C#N)=C\NCCC#N)C(=O)O. The molecule has 7 nitrogen and oxygen atoms in total. The Morgan fingerprint density at radius 1 is 1.47 bits per heavy atom. The van der Waals surface area contributed by atoms with Gasteiger partial charge in [-0.15, -0.1) is 0 Å². The largest absolute Gasteiger partial charge is 0.480 e. The third-order valence-corrected chi connectivity index (χ3v) is 1.71. The predicted molar refractivity (Wildman–Crippen MR) is 57.2 cm³/mol. The van der Waals surface area contributed by atoms with E-state index in [1.165, 1.54) is 6.92 Å². The van der Waals surface area contributed by atoms with E-state index in [9.17, 15) is 9.59 Å². The molecule has 0 aromatic heterocycles. The third-order valence-electron chi connectivity index (χ3n) is 1.71. The minimum Gasteiger partial charge on any atom is -0.480 e. The Morgan fingerprint density at radius 2 is 2.12 bits per heavy atom. The molecule has 0 fully saturated rings. The molecule has 0 aliphatic carbocycles. The first-order valence-electron chi connectivity index (χ1n) is 4.77. The first kappa shape index (κ1) is 14.5. The van der Waals surface area contributed by atoms with Gasteiger partial charge in [0.05, 0.1) is 12.5 Å². The van der Waals surface area contributed by atoms with Gasteiger partial charge in [0.15, 0.2) is 0 Å². The van der Waals surface area contributed by atoms with Crippen molar-refractivity contribution in [2.75, 3.05) is 6.54 Å². The standard InChI is InChI=1S/C10H12N4O3/c1-7(10(16)17)14-9(15)8(5-12)6-13-4-2-3-11/h6-7,13H,2,4H2,1H3,(H,14,15)(H,16,17)/b8-6-. The van der Waals surface area contributed by atoms with Crippen LogP contribution in [0.1, 0.15) is 13.3 Å². The van der Waals surface area contributed by atoms with E-state index in [1.807, 2.05) is 6.07 Å². The van der Waals surface area contributed by atoms with Gasteiger partial charge in [0, 0.05) is 12.7 Å². The second-order valence-corrected chi connectivity index (χ2v) is 3.07. The summed E-state index contributed by atoms with van der Waals surface area (Å²) in [7, 11) is 0. The van der Waals surface area contributed by atoms with Crippen LogP contribution in [-0.2, 0) is 9.59 Å². The van der Waals surface area contributed by atoms with Crippen molar-refractivity contribution in [2.45, 2.75) is 19.4 Å². The van der Waals surface area contributed by atoms with Crippen LogP contribution in [0.4, 0.5) is 0 Å². The number of nitriles is 2. The van der Waals surface area contributed by atoms with Gasteiger partial charge in [-0.3, -0.25) is 9.59 Å². The lowest BCUT2D eigenvalue weighted by atomic mass is 10.2. The molecule has 0 aromatic rings. The summed E-state index contributed by atoms with van der Waals surface area (Å²) in [6.07, 6.45) is 1.39. The summed E-state index contributed by atoms with van der Waals surface area (Å²) >= 11 is 0. The minimum absolute atomic E-state index is 0.238. The predicted octanol–water partition coefficient (Wildman–Crippen LogP) is -0.514. The van der Waals surface area contributed by atoms with Gasteiger partial charge in [-0.2, -0.15) is 10.5 Å². The van der Waals surface area contributed by atoms with Gasteiger partial charge in [0.25, 0.3) is 5.91 Å². The molecule has 0 saturated heterocycles. The van der Waals surface area contributed by atoms with Crippen molar-refractivity contribution in [1.29, 1.82) is 10.5 Å². The number of nitrogens with zero attached hydrogens (tertiary/aromatic N) is 2. The molecule has 1 atom stereocenters. The number of hydrogen-bond acceptors (Lipinski definition) is 5. The summed E-state index contributed by atoms with van der Waals surface area (Å²) in [4.78, 5) is 21.9. The molecule has 0 heterocycles. The molecule has 1 amide bonds. The van der Waals surface area contributed by atoms with E-state index in [0.717, 1.165) is 6.20 Å². The van der Waals surface area contributed by atoms with E-state index in [2.05, 4.69) is 10.6 Å². The molecule has 0 radical (unpaired) electrons. The Bertz CT molecular complexity index is 403. The fraction of sp³-hybridized carbons (Fsp3) is 0.400. The molecular formula is C10H12N4O3. The number of carboxylic acid groups (broad SMARTS) is 1. The fourth-order valence-electron chi connectivity index (χ4n) is 0.787. The smallest absolute Gasteiger partial charge is 0.325 e. The number of carbonyl (C=O) groups excluding carboxylic acids is 1. The molecule has 0 aliphatic heterocycles. The highest BCUT2D eigenvalue weighted by molar-refractivity contribution is 5.98. The van der Waals surface area contributed by atoms with Crippen LogP contribution in [0.25, 0.3) is 0 Å². The van der Waals surface area contributed by atoms with Gasteiger partial charge in [-0.25, -0.2) is 0 Å². The number of carboxylic acids is 1. The Balaban J connectivity index is 4.37. The van der Waals surface area contributed by atoms with Crippen molar-refractivity contribution in [1.82, 2.24) is 10.6 Å². The summed E-state index contributed by atoms with van der Waals surface area (Å²) in [6, 6.07) is 2.45. The maximum atomic E-state index is 11.4. The zero-order valence-corrected chi connectivity index (χ0v) is 9.23. The molecule has 7 heteroatoms. The quantitative estimate of drug-likeness (QED) is 0.324. The monoisotopic (exact) mass is 236 g/mol. The number of carbonyl (C=O) groups is 2. The van der Waals surface area contributed by atoms with Crippen LogP contribution in [0.5, 0.6) is 0 Å². The Hall–Kier alpha value is -2.54. The van der Waals surface area contributed by atoms with Crippen molar-refractivity contribution < 1.29 is 14.7 Å². The van der Waals surface area contributed by atoms with Crippen molar-refractivity contribution in [3.8, 4) is 12.1 Å². The molecule has 90 valence electrons. The number of aliphatic carboxylic acids is 1. The lowest BCUT2D eigenvalue weighted by molar-refractivity contribution is -0.140. The molecule has 0 aromatic carbocycles. The maximum Gasteiger partial charge on any atom is 0.325 e. The summed E-state index contributed by atoms with van der Waals surface area (Å²) in [5.74, 6) is -1.96. The average molecular weight is 236 g/mol. The zero-order chi connectivity index (χ0) is 13.3. The van der Waals surface area contributed by atoms with E-state index in [4.69, 9.17) is 15.6 Å². The summed E-state index contributed by atoms with van der Waals surface area (Å²) in [5.41, 5.74) is -0.240. The van der Waals surface area contributed by atoms with Gasteiger partial charge in [-0.05, 0) is 6.92 Å². The molecule has 17 heavy (non-hydrogen) atoms. The van der Waals surface area contributed by atoms with E-state index < -0.39 is 17.9 Å². The zero-order valence-electron chi connectivity index (χ0n) is 9.23. The Kier molecular flexibility index (Phi) is 6.56. The second-order valence-electron chi connectivity index (χ2n) is 3.07. The van der Waals surface area contributed by atoms with Crippen molar-refractivity contribution in [2.24, 2.45) is 0 Å². The van der Waals surface area contributed by atoms with Crippen LogP contribution in [0, 0.1) is 22.7 Å². The minimum atomic E-state index is -1.19. The third kappa shape index (κ3) is 5.80. The first-order valence-corrected chi connectivity index (χ1v) is 4.77. The average Bonchev–Trinajstić information content (AvgIpc) is 2.28. The fourth-order valence-corrected chi connectivity index (χ4v) is 0.787. The molecular weight excluding hydrogens is 224 g/mol. The molecule has 3 N–H and O–H groups in total. The Morgan fingerprint density at radius 3 is 2.59 bits per heavy atom. The normalized spacial score (nSPS) is 11.8. The number of hydrogen-bond donors (Lipinski definition) is 3. The van der Waals surface area contributed by atoms with E-state index in [0.29, 0.717) is 6.54 Å². The highest BCUT2D eigenvalue weighted by Gasteiger charge is 2.16. The van der Waals surface area contributed by atoms with Crippen LogP contribution < -0.4 is 10.6 Å². The number of rotatable bonds is 6. The molecule has 0 rings (SSSR count). The topological polar surface area (TPSA) is 126 Å². The van der Waals surface area contributed by atoms with Crippen LogP contribution >= 0.6 is 0 Å². The maximum absolute atomic E-state index is 11.4. The molecule has 0 saturated carbocycles.